The maximum atomic E-state index is 12.4. The molecule has 1 fully saturated rings. The molecular formula is C14H21NO2S2. The average Bonchev–Trinajstić information content (AvgIpc) is 2.68. The van der Waals surface area contributed by atoms with E-state index in [0.717, 1.165) is 23.5 Å². The molecule has 0 bridgehead atoms. The SMILES string of the molecule is CC(CS(=O)(=O)N1CCCSCC1)c1ccccc1. The molecule has 19 heavy (non-hydrogen) atoms. The van der Waals surface area contributed by atoms with Crippen LogP contribution in [0.4, 0.5) is 0 Å². The molecule has 0 saturated carbocycles. The Morgan fingerprint density at radius 1 is 1.21 bits per heavy atom. The molecule has 1 heterocycles. The van der Waals surface area contributed by atoms with Gasteiger partial charge in [0.15, 0.2) is 0 Å². The van der Waals surface area contributed by atoms with Crippen LogP contribution in [0.3, 0.4) is 0 Å². The normalized spacial score (nSPS) is 19.8. The molecule has 1 atom stereocenters. The lowest BCUT2D eigenvalue weighted by Crippen LogP contribution is -2.36. The van der Waals surface area contributed by atoms with Crippen molar-refractivity contribution in [3.63, 3.8) is 0 Å². The summed E-state index contributed by atoms with van der Waals surface area (Å²) in [5.74, 6) is 2.24. The van der Waals surface area contributed by atoms with Crippen molar-refractivity contribution in [1.82, 2.24) is 4.31 Å². The maximum absolute atomic E-state index is 12.4. The minimum atomic E-state index is -3.13. The van der Waals surface area contributed by atoms with Gasteiger partial charge in [0.2, 0.25) is 10.0 Å². The minimum absolute atomic E-state index is 0.0436. The Morgan fingerprint density at radius 3 is 2.68 bits per heavy atom. The molecule has 5 heteroatoms. The fourth-order valence-electron chi connectivity index (χ4n) is 2.30. The molecule has 3 nitrogen and oxygen atoms in total. The van der Waals surface area contributed by atoms with E-state index in [9.17, 15) is 8.42 Å². The summed E-state index contributed by atoms with van der Waals surface area (Å²) >= 11 is 1.84. The predicted octanol–water partition coefficient (Wildman–Crippen LogP) is 2.56. The average molecular weight is 299 g/mol. The zero-order valence-corrected chi connectivity index (χ0v) is 12.9. The summed E-state index contributed by atoms with van der Waals surface area (Å²) in [4.78, 5) is 0. The molecule has 1 aliphatic heterocycles. The third-order valence-corrected chi connectivity index (χ3v) is 6.53. The van der Waals surface area contributed by atoms with Crippen LogP contribution in [-0.2, 0) is 10.0 Å². The maximum Gasteiger partial charge on any atom is 0.214 e. The van der Waals surface area contributed by atoms with Crippen molar-refractivity contribution in [3.8, 4) is 0 Å². The van der Waals surface area contributed by atoms with Gasteiger partial charge < -0.3 is 0 Å². The van der Waals surface area contributed by atoms with E-state index in [4.69, 9.17) is 0 Å². The first kappa shape index (κ1) is 14.9. The second kappa shape index (κ2) is 6.77. The summed E-state index contributed by atoms with van der Waals surface area (Å²) < 4.78 is 26.6. The summed E-state index contributed by atoms with van der Waals surface area (Å²) in [5, 5.41) is 0. The summed E-state index contributed by atoms with van der Waals surface area (Å²) in [6.07, 6.45) is 0.962. The highest BCUT2D eigenvalue weighted by molar-refractivity contribution is 7.99. The number of thioether (sulfide) groups is 1. The number of hydrogen-bond donors (Lipinski definition) is 0. The molecule has 0 amide bonds. The first-order valence-corrected chi connectivity index (χ1v) is 9.46. The van der Waals surface area contributed by atoms with Crippen LogP contribution in [0.2, 0.25) is 0 Å². The highest BCUT2D eigenvalue weighted by Gasteiger charge is 2.25. The Bertz CT molecular complexity index is 479. The van der Waals surface area contributed by atoms with Crippen LogP contribution in [0.5, 0.6) is 0 Å². The van der Waals surface area contributed by atoms with Crippen molar-refractivity contribution in [2.45, 2.75) is 19.3 Å². The van der Waals surface area contributed by atoms with Crippen molar-refractivity contribution < 1.29 is 8.42 Å². The van der Waals surface area contributed by atoms with E-state index in [1.807, 2.05) is 49.0 Å². The van der Waals surface area contributed by atoms with Crippen LogP contribution < -0.4 is 0 Å². The number of hydrogen-bond acceptors (Lipinski definition) is 3. The number of benzene rings is 1. The Balaban J connectivity index is 2.04. The molecule has 1 aromatic carbocycles. The summed E-state index contributed by atoms with van der Waals surface area (Å²) in [5.41, 5.74) is 1.09. The van der Waals surface area contributed by atoms with Gasteiger partial charge >= 0.3 is 0 Å². The topological polar surface area (TPSA) is 37.4 Å². The monoisotopic (exact) mass is 299 g/mol. The number of nitrogens with zero attached hydrogens (tertiary/aromatic N) is 1. The molecule has 0 aromatic heterocycles. The van der Waals surface area contributed by atoms with E-state index in [2.05, 4.69) is 0 Å². The molecule has 1 aromatic rings. The van der Waals surface area contributed by atoms with Crippen LogP contribution in [0.1, 0.15) is 24.8 Å². The molecule has 0 spiro atoms. The van der Waals surface area contributed by atoms with Crippen molar-refractivity contribution in [1.29, 1.82) is 0 Å². The lowest BCUT2D eigenvalue weighted by atomic mass is 10.0. The van der Waals surface area contributed by atoms with Gasteiger partial charge in [-0.1, -0.05) is 37.3 Å². The second-order valence-corrected chi connectivity index (χ2v) is 8.19. The first-order valence-electron chi connectivity index (χ1n) is 6.70. The minimum Gasteiger partial charge on any atom is -0.212 e. The second-order valence-electron chi connectivity index (χ2n) is 4.96. The highest BCUT2D eigenvalue weighted by Crippen LogP contribution is 2.20. The van der Waals surface area contributed by atoms with Crippen molar-refractivity contribution in [2.75, 3.05) is 30.3 Å². The van der Waals surface area contributed by atoms with Crippen molar-refractivity contribution in [3.05, 3.63) is 35.9 Å². The highest BCUT2D eigenvalue weighted by atomic mass is 32.2. The van der Waals surface area contributed by atoms with Gasteiger partial charge in [0.05, 0.1) is 5.75 Å². The summed E-state index contributed by atoms with van der Waals surface area (Å²) in [6.45, 7) is 3.32. The molecule has 1 aliphatic rings. The van der Waals surface area contributed by atoms with E-state index in [1.165, 1.54) is 0 Å². The van der Waals surface area contributed by atoms with Gasteiger partial charge in [0, 0.05) is 18.8 Å². The van der Waals surface area contributed by atoms with E-state index < -0.39 is 10.0 Å². The van der Waals surface area contributed by atoms with E-state index >= 15 is 0 Å². The molecular weight excluding hydrogens is 278 g/mol. The Labute approximate surface area is 120 Å². The van der Waals surface area contributed by atoms with E-state index in [1.54, 1.807) is 4.31 Å². The lowest BCUT2D eigenvalue weighted by Gasteiger charge is -2.22. The van der Waals surface area contributed by atoms with Crippen LogP contribution in [-0.4, -0.2) is 43.1 Å². The van der Waals surface area contributed by atoms with Crippen molar-refractivity contribution in [2.24, 2.45) is 0 Å². The van der Waals surface area contributed by atoms with Crippen LogP contribution in [0.25, 0.3) is 0 Å². The Morgan fingerprint density at radius 2 is 1.95 bits per heavy atom. The van der Waals surface area contributed by atoms with E-state index in [-0.39, 0.29) is 11.7 Å². The predicted molar refractivity (Wildman–Crippen MR) is 82.2 cm³/mol. The first-order chi connectivity index (χ1) is 9.09. The zero-order valence-electron chi connectivity index (χ0n) is 11.3. The Hall–Kier alpha value is -0.520. The fraction of sp³-hybridized carbons (Fsp3) is 0.571. The Kier molecular flexibility index (Phi) is 5.30. The third kappa shape index (κ3) is 4.23. The van der Waals surface area contributed by atoms with Gasteiger partial charge in [-0.25, -0.2) is 12.7 Å². The third-order valence-electron chi connectivity index (χ3n) is 3.40. The molecule has 106 valence electrons. The van der Waals surface area contributed by atoms with Crippen LogP contribution >= 0.6 is 11.8 Å². The molecule has 0 N–H and O–H groups in total. The van der Waals surface area contributed by atoms with E-state index in [0.29, 0.717) is 13.1 Å². The molecule has 1 saturated heterocycles. The van der Waals surface area contributed by atoms with Crippen molar-refractivity contribution >= 4 is 21.8 Å². The van der Waals surface area contributed by atoms with Gasteiger partial charge in [-0.05, 0) is 23.7 Å². The number of rotatable bonds is 4. The molecule has 0 aliphatic carbocycles. The van der Waals surface area contributed by atoms with Gasteiger partial charge in [-0.2, -0.15) is 11.8 Å². The van der Waals surface area contributed by atoms with Crippen LogP contribution in [0.15, 0.2) is 30.3 Å². The quantitative estimate of drug-likeness (QED) is 0.857. The fourth-order valence-corrected chi connectivity index (χ4v) is 5.11. The van der Waals surface area contributed by atoms with Gasteiger partial charge in [-0.15, -0.1) is 0 Å². The molecule has 2 rings (SSSR count). The number of sulfonamides is 1. The van der Waals surface area contributed by atoms with Gasteiger partial charge in [0.1, 0.15) is 0 Å². The summed E-state index contributed by atoms with van der Waals surface area (Å²) in [7, 11) is -3.13. The molecule has 0 radical (unpaired) electrons. The largest absolute Gasteiger partial charge is 0.214 e. The standard InChI is InChI=1S/C14H21NO2S2/c1-13(14-6-3-2-4-7-14)12-19(16,17)15-8-5-10-18-11-9-15/h2-4,6-7,13H,5,8-12H2,1H3. The smallest absolute Gasteiger partial charge is 0.212 e. The van der Waals surface area contributed by atoms with Gasteiger partial charge in [-0.3, -0.25) is 0 Å². The zero-order chi connectivity index (χ0) is 13.7. The van der Waals surface area contributed by atoms with Crippen LogP contribution in [0, 0.1) is 0 Å². The summed E-state index contributed by atoms with van der Waals surface area (Å²) in [6, 6.07) is 9.87. The molecule has 1 unspecified atom stereocenters. The lowest BCUT2D eigenvalue weighted by molar-refractivity contribution is 0.432. The van der Waals surface area contributed by atoms with Gasteiger partial charge in [0.25, 0.3) is 0 Å².